The van der Waals surface area contributed by atoms with Gasteiger partial charge in [0.15, 0.2) is 11.5 Å². The van der Waals surface area contributed by atoms with E-state index in [0.717, 1.165) is 16.6 Å². The molecule has 0 spiro atoms. The summed E-state index contributed by atoms with van der Waals surface area (Å²) in [7, 11) is 3.19. The predicted molar refractivity (Wildman–Crippen MR) is 91.9 cm³/mol. The van der Waals surface area contributed by atoms with Crippen molar-refractivity contribution in [1.29, 1.82) is 0 Å². The Labute approximate surface area is 138 Å². The number of anilines is 1. The molecule has 0 radical (unpaired) electrons. The molecular weight excluding hydrogens is 316 g/mol. The number of fused-ring (bicyclic) bond motifs is 1. The van der Waals surface area contributed by atoms with Crippen molar-refractivity contribution in [3.63, 3.8) is 0 Å². The van der Waals surface area contributed by atoms with Gasteiger partial charge in [-0.15, -0.1) is 0 Å². The van der Waals surface area contributed by atoms with Gasteiger partial charge < -0.3 is 14.5 Å². The van der Waals surface area contributed by atoms with Crippen LogP contribution in [0.3, 0.4) is 0 Å². The molecule has 0 fully saturated rings. The maximum absolute atomic E-state index is 5.95. The largest absolute Gasteiger partial charge is 0.493 e. The van der Waals surface area contributed by atoms with Gasteiger partial charge in [-0.25, -0.2) is 10.4 Å². The Balaban J connectivity index is 1.74. The lowest BCUT2D eigenvalue weighted by Gasteiger charge is -2.07. The highest BCUT2D eigenvalue weighted by Gasteiger charge is 2.04. The molecule has 1 heterocycles. The van der Waals surface area contributed by atoms with E-state index in [0.29, 0.717) is 22.5 Å². The Hall–Kier alpha value is -2.73. The van der Waals surface area contributed by atoms with Gasteiger partial charge in [-0.2, -0.15) is 5.10 Å². The highest BCUT2D eigenvalue weighted by Crippen LogP contribution is 2.26. The van der Waals surface area contributed by atoms with Crippen LogP contribution in [0.1, 0.15) is 5.56 Å². The van der Waals surface area contributed by atoms with Crippen molar-refractivity contribution < 1.29 is 9.47 Å². The van der Waals surface area contributed by atoms with Gasteiger partial charge in [0.05, 0.1) is 31.5 Å². The van der Waals surface area contributed by atoms with Crippen LogP contribution in [-0.4, -0.2) is 30.4 Å². The van der Waals surface area contributed by atoms with Crippen LogP contribution in [0.5, 0.6) is 11.5 Å². The third kappa shape index (κ3) is 3.37. The summed E-state index contributed by atoms with van der Waals surface area (Å²) in [5, 5.41) is 4.82. The van der Waals surface area contributed by atoms with Crippen molar-refractivity contribution in [3.05, 3.63) is 47.0 Å². The number of hydrogen-bond donors (Lipinski definition) is 2. The second-order valence-corrected chi connectivity index (χ2v) is 5.17. The fourth-order valence-electron chi connectivity index (χ4n) is 2.14. The number of benzene rings is 2. The lowest BCUT2D eigenvalue weighted by Crippen LogP contribution is -1.94. The zero-order valence-electron chi connectivity index (χ0n) is 12.6. The standard InChI is InChI=1S/C16H15ClN4O2/c1-22-14-6-3-10(7-15(14)23-2)9-18-21-16-19-12-5-4-11(17)8-13(12)20-16/h3-9H,1-2H3,(H2,19,20,21)/b18-9-. The average molecular weight is 331 g/mol. The van der Waals surface area contributed by atoms with Gasteiger partial charge in [0.1, 0.15) is 0 Å². The van der Waals surface area contributed by atoms with E-state index in [1.54, 1.807) is 26.5 Å². The fourth-order valence-corrected chi connectivity index (χ4v) is 2.31. The summed E-state index contributed by atoms with van der Waals surface area (Å²) in [6.07, 6.45) is 1.67. The first-order valence-corrected chi connectivity index (χ1v) is 7.24. The lowest BCUT2D eigenvalue weighted by molar-refractivity contribution is 0.355. The van der Waals surface area contributed by atoms with Crippen LogP contribution in [0, 0.1) is 0 Å². The molecule has 23 heavy (non-hydrogen) atoms. The summed E-state index contributed by atoms with van der Waals surface area (Å²) in [5.41, 5.74) is 5.39. The summed E-state index contributed by atoms with van der Waals surface area (Å²) in [5.74, 6) is 1.86. The molecule has 2 aromatic carbocycles. The molecule has 3 aromatic rings. The summed E-state index contributed by atoms with van der Waals surface area (Å²) in [6.45, 7) is 0. The van der Waals surface area contributed by atoms with Crippen LogP contribution in [0.15, 0.2) is 41.5 Å². The number of halogens is 1. The van der Waals surface area contributed by atoms with Crippen LogP contribution >= 0.6 is 11.6 Å². The van der Waals surface area contributed by atoms with E-state index in [2.05, 4.69) is 20.5 Å². The Morgan fingerprint density at radius 1 is 1.13 bits per heavy atom. The third-order valence-corrected chi connectivity index (χ3v) is 3.47. The minimum absolute atomic E-state index is 0.541. The van der Waals surface area contributed by atoms with Crippen LogP contribution in [0.2, 0.25) is 5.02 Å². The summed E-state index contributed by atoms with van der Waals surface area (Å²) in [4.78, 5) is 7.46. The predicted octanol–water partition coefficient (Wildman–Crippen LogP) is 3.68. The number of aromatic amines is 1. The Kier molecular flexibility index (Phi) is 4.34. The quantitative estimate of drug-likeness (QED) is 0.553. The molecular formula is C16H15ClN4O2. The molecule has 118 valence electrons. The van der Waals surface area contributed by atoms with Crippen LogP contribution in [0.4, 0.5) is 5.95 Å². The first-order chi connectivity index (χ1) is 11.2. The molecule has 2 N–H and O–H groups in total. The van der Waals surface area contributed by atoms with Crippen molar-refractivity contribution >= 4 is 34.8 Å². The lowest BCUT2D eigenvalue weighted by atomic mass is 10.2. The number of rotatable bonds is 5. The molecule has 0 atom stereocenters. The minimum atomic E-state index is 0.541. The van der Waals surface area contributed by atoms with Gasteiger partial charge in [-0.3, -0.25) is 0 Å². The van der Waals surface area contributed by atoms with Crippen LogP contribution in [-0.2, 0) is 0 Å². The van der Waals surface area contributed by atoms with Gasteiger partial charge in [0, 0.05) is 5.02 Å². The van der Waals surface area contributed by atoms with Crippen LogP contribution in [0.25, 0.3) is 11.0 Å². The Morgan fingerprint density at radius 3 is 2.74 bits per heavy atom. The molecule has 7 heteroatoms. The fraction of sp³-hybridized carbons (Fsp3) is 0.125. The molecule has 0 bridgehead atoms. The van der Waals surface area contributed by atoms with Gasteiger partial charge >= 0.3 is 0 Å². The van der Waals surface area contributed by atoms with E-state index < -0.39 is 0 Å². The van der Waals surface area contributed by atoms with E-state index >= 15 is 0 Å². The molecule has 6 nitrogen and oxygen atoms in total. The first kappa shape index (κ1) is 15.2. The van der Waals surface area contributed by atoms with E-state index in [-0.39, 0.29) is 0 Å². The van der Waals surface area contributed by atoms with Gasteiger partial charge in [-0.1, -0.05) is 11.6 Å². The third-order valence-electron chi connectivity index (χ3n) is 3.24. The first-order valence-electron chi connectivity index (χ1n) is 6.86. The Morgan fingerprint density at radius 2 is 1.96 bits per heavy atom. The highest BCUT2D eigenvalue weighted by molar-refractivity contribution is 6.31. The van der Waals surface area contributed by atoms with Crippen molar-refractivity contribution in [1.82, 2.24) is 9.97 Å². The maximum atomic E-state index is 5.95. The molecule has 0 saturated carbocycles. The van der Waals surface area contributed by atoms with E-state index in [1.807, 2.05) is 30.3 Å². The molecule has 1 aromatic heterocycles. The number of hydrogen-bond acceptors (Lipinski definition) is 5. The maximum Gasteiger partial charge on any atom is 0.222 e. The summed E-state index contributed by atoms with van der Waals surface area (Å²) in [6, 6.07) is 11.0. The van der Waals surface area contributed by atoms with Crippen molar-refractivity contribution in [2.45, 2.75) is 0 Å². The van der Waals surface area contributed by atoms with E-state index in [9.17, 15) is 0 Å². The summed E-state index contributed by atoms with van der Waals surface area (Å²) >= 11 is 5.95. The van der Waals surface area contributed by atoms with Gasteiger partial charge in [0.25, 0.3) is 0 Å². The second-order valence-electron chi connectivity index (χ2n) is 4.73. The van der Waals surface area contributed by atoms with Gasteiger partial charge in [0.2, 0.25) is 5.95 Å². The molecule has 0 saturated heterocycles. The molecule has 0 unspecified atom stereocenters. The second kappa shape index (κ2) is 6.58. The highest BCUT2D eigenvalue weighted by atomic mass is 35.5. The van der Waals surface area contributed by atoms with Gasteiger partial charge in [-0.05, 0) is 42.0 Å². The average Bonchev–Trinajstić information content (AvgIpc) is 2.96. The van der Waals surface area contributed by atoms with Crippen LogP contribution < -0.4 is 14.9 Å². The number of hydrazone groups is 1. The molecule has 3 rings (SSSR count). The SMILES string of the molecule is COc1ccc(/C=N\Nc2nc3ccc(Cl)cc3[nH]2)cc1OC. The summed E-state index contributed by atoms with van der Waals surface area (Å²) < 4.78 is 10.5. The smallest absolute Gasteiger partial charge is 0.222 e. The zero-order chi connectivity index (χ0) is 16.2. The number of ether oxygens (including phenoxy) is 2. The molecule has 0 amide bonds. The molecule has 0 aliphatic heterocycles. The van der Waals surface area contributed by atoms with E-state index in [1.165, 1.54) is 0 Å². The number of nitrogens with zero attached hydrogens (tertiary/aromatic N) is 2. The molecule has 0 aliphatic carbocycles. The molecule has 0 aliphatic rings. The Bertz CT molecular complexity index is 860. The number of imidazole rings is 1. The minimum Gasteiger partial charge on any atom is -0.493 e. The number of methoxy groups -OCH3 is 2. The topological polar surface area (TPSA) is 71.5 Å². The number of nitrogens with one attached hydrogen (secondary N) is 2. The zero-order valence-corrected chi connectivity index (χ0v) is 13.4. The van der Waals surface area contributed by atoms with E-state index in [4.69, 9.17) is 21.1 Å². The monoisotopic (exact) mass is 330 g/mol. The number of aromatic nitrogens is 2. The van der Waals surface area contributed by atoms with Crippen molar-refractivity contribution in [2.75, 3.05) is 19.6 Å². The normalized spacial score (nSPS) is 11.1. The van der Waals surface area contributed by atoms with Crippen molar-refractivity contribution in [2.24, 2.45) is 5.10 Å². The number of H-pyrrole nitrogens is 1. The van der Waals surface area contributed by atoms with Crippen molar-refractivity contribution in [3.8, 4) is 11.5 Å².